The summed E-state index contributed by atoms with van der Waals surface area (Å²) in [4.78, 5) is 11.5. The molecule has 0 aromatic heterocycles. The predicted octanol–water partition coefficient (Wildman–Crippen LogP) is 3.13. The molecule has 2 amide bonds. The van der Waals surface area contributed by atoms with Gasteiger partial charge in [-0.3, -0.25) is 0 Å². The van der Waals surface area contributed by atoms with Gasteiger partial charge >= 0.3 is 6.03 Å². The summed E-state index contributed by atoms with van der Waals surface area (Å²) in [5, 5.41) is 5.44. The lowest BCUT2D eigenvalue weighted by molar-refractivity contribution is 0.262. The summed E-state index contributed by atoms with van der Waals surface area (Å²) in [5.41, 5.74) is 1.48. The van der Waals surface area contributed by atoms with Crippen LogP contribution in [0.5, 0.6) is 0 Å². The minimum Gasteiger partial charge on any atom is -0.308 e. The highest BCUT2D eigenvalue weighted by Gasteiger charge is 2.00. The zero-order valence-corrected chi connectivity index (χ0v) is 8.60. The van der Waals surface area contributed by atoms with Gasteiger partial charge in [0.15, 0.2) is 0 Å². The van der Waals surface area contributed by atoms with Crippen LogP contribution in [-0.2, 0) is 0 Å². The van der Waals surface area contributed by atoms with Crippen LogP contribution in [0.4, 0.5) is 16.2 Å². The summed E-state index contributed by atoms with van der Waals surface area (Å²) >= 11 is 0. The van der Waals surface area contributed by atoms with Crippen molar-refractivity contribution >= 4 is 17.4 Å². The van der Waals surface area contributed by atoms with Crippen LogP contribution >= 0.6 is 0 Å². The molecular weight excluding hydrogens is 200 g/mol. The van der Waals surface area contributed by atoms with Crippen molar-refractivity contribution in [2.24, 2.45) is 0 Å². The van der Waals surface area contributed by atoms with Gasteiger partial charge in [-0.2, -0.15) is 0 Å². The first-order valence-corrected chi connectivity index (χ1v) is 4.94. The minimum atomic E-state index is -0.259. The molecule has 0 aliphatic rings. The molecule has 0 aliphatic carbocycles. The fourth-order valence-electron chi connectivity index (χ4n) is 1.29. The van der Waals surface area contributed by atoms with Crippen LogP contribution < -0.4 is 10.6 Å². The molecule has 3 heteroatoms. The molecule has 0 atom stereocenters. The number of urea groups is 1. The maximum Gasteiger partial charge on any atom is 0.323 e. The molecule has 0 saturated carbocycles. The van der Waals surface area contributed by atoms with E-state index in [1.165, 1.54) is 0 Å². The molecule has 0 saturated heterocycles. The Kier molecular flexibility index (Phi) is 3.18. The zero-order valence-electron chi connectivity index (χ0n) is 8.60. The number of anilines is 2. The van der Waals surface area contributed by atoms with Crippen molar-refractivity contribution in [1.82, 2.24) is 0 Å². The number of rotatable bonds is 2. The van der Waals surface area contributed by atoms with Gasteiger partial charge in [-0.15, -0.1) is 0 Å². The monoisotopic (exact) mass is 211 g/mol. The lowest BCUT2D eigenvalue weighted by atomic mass is 10.3. The van der Waals surface area contributed by atoms with Gasteiger partial charge < -0.3 is 10.6 Å². The molecule has 0 unspecified atom stereocenters. The van der Waals surface area contributed by atoms with Crippen LogP contribution in [0.25, 0.3) is 0 Å². The molecule has 0 heterocycles. The fourth-order valence-corrected chi connectivity index (χ4v) is 1.29. The Morgan fingerprint density at radius 2 is 1.62 bits per heavy atom. The second-order valence-electron chi connectivity index (χ2n) is 3.24. The normalized spacial score (nSPS) is 9.50. The van der Waals surface area contributed by atoms with Crippen molar-refractivity contribution in [2.75, 3.05) is 10.6 Å². The largest absolute Gasteiger partial charge is 0.323 e. The topological polar surface area (TPSA) is 41.1 Å². The fraction of sp³-hybridized carbons (Fsp3) is 0. The van der Waals surface area contributed by atoms with E-state index < -0.39 is 0 Å². The van der Waals surface area contributed by atoms with Gasteiger partial charge in [0.1, 0.15) is 0 Å². The van der Waals surface area contributed by atoms with Gasteiger partial charge in [-0.25, -0.2) is 4.79 Å². The van der Waals surface area contributed by atoms with E-state index in [9.17, 15) is 4.79 Å². The Balaban J connectivity index is 1.95. The van der Waals surface area contributed by atoms with Gasteiger partial charge in [0.05, 0.1) is 0 Å². The van der Waals surface area contributed by atoms with E-state index in [-0.39, 0.29) is 6.03 Å². The number of carbonyl (C=O) groups excluding carboxylic acids is 1. The van der Waals surface area contributed by atoms with Gasteiger partial charge in [-0.05, 0) is 30.3 Å². The first-order valence-electron chi connectivity index (χ1n) is 4.94. The third-order valence-corrected chi connectivity index (χ3v) is 2.00. The van der Waals surface area contributed by atoms with E-state index in [1.807, 2.05) is 36.4 Å². The van der Waals surface area contributed by atoms with Crippen LogP contribution in [-0.4, -0.2) is 6.03 Å². The molecule has 79 valence electrons. The Bertz CT molecular complexity index is 410. The molecular formula is C13H11N2O. The first-order chi connectivity index (χ1) is 7.84. The molecule has 16 heavy (non-hydrogen) atoms. The van der Waals surface area contributed by atoms with Gasteiger partial charge in [0.2, 0.25) is 0 Å². The number of hydrogen-bond donors (Lipinski definition) is 2. The van der Waals surface area contributed by atoms with Crippen molar-refractivity contribution in [1.29, 1.82) is 0 Å². The van der Waals surface area contributed by atoms with Gasteiger partial charge in [0, 0.05) is 11.4 Å². The van der Waals surface area contributed by atoms with E-state index in [1.54, 1.807) is 18.2 Å². The molecule has 2 aromatic rings. The summed E-state index contributed by atoms with van der Waals surface area (Å²) in [5.74, 6) is 0. The molecule has 2 rings (SSSR count). The Hall–Kier alpha value is -2.29. The third-order valence-electron chi connectivity index (χ3n) is 2.00. The molecule has 0 spiro atoms. The average Bonchev–Trinajstić information content (AvgIpc) is 2.31. The maximum atomic E-state index is 11.5. The third kappa shape index (κ3) is 2.85. The van der Waals surface area contributed by atoms with E-state index >= 15 is 0 Å². The van der Waals surface area contributed by atoms with Crippen LogP contribution in [0.2, 0.25) is 0 Å². The molecule has 2 aromatic carbocycles. The predicted molar refractivity (Wildman–Crippen MR) is 64.4 cm³/mol. The van der Waals surface area contributed by atoms with Crippen LogP contribution in [0, 0.1) is 6.07 Å². The van der Waals surface area contributed by atoms with Crippen molar-refractivity contribution in [2.45, 2.75) is 0 Å². The number of para-hydroxylation sites is 1. The van der Waals surface area contributed by atoms with E-state index in [0.29, 0.717) is 0 Å². The zero-order chi connectivity index (χ0) is 11.2. The van der Waals surface area contributed by atoms with Crippen molar-refractivity contribution in [3.05, 3.63) is 60.7 Å². The number of hydrogen-bond acceptors (Lipinski definition) is 1. The molecule has 2 N–H and O–H groups in total. The van der Waals surface area contributed by atoms with Crippen molar-refractivity contribution < 1.29 is 4.79 Å². The summed E-state index contributed by atoms with van der Waals surface area (Å²) in [6.45, 7) is 0. The highest BCUT2D eigenvalue weighted by molar-refractivity contribution is 5.99. The number of amides is 2. The summed E-state index contributed by atoms with van der Waals surface area (Å²) < 4.78 is 0. The maximum absolute atomic E-state index is 11.5. The van der Waals surface area contributed by atoms with E-state index in [0.717, 1.165) is 11.4 Å². The van der Waals surface area contributed by atoms with Crippen LogP contribution in [0.15, 0.2) is 54.6 Å². The van der Waals surface area contributed by atoms with Crippen LogP contribution in [0.3, 0.4) is 0 Å². The highest BCUT2D eigenvalue weighted by atomic mass is 16.2. The van der Waals surface area contributed by atoms with E-state index in [4.69, 9.17) is 0 Å². The van der Waals surface area contributed by atoms with Gasteiger partial charge in [-0.1, -0.05) is 30.3 Å². The Morgan fingerprint density at radius 1 is 0.938 bits per heavy atom. The van der Waals surface area contributed by atoms with Gasteiger partial charge in [0.25, 0.3) is 0 Å². The Labute approximate surface area is 94.1 Å². The molecule has 1 radical (unpaired) electrons. The standard InChI is InChI=1S/C13H11N2O/c16-13(14-11-7-3-1-4-8-11)15-12-9-5-2-6-10-12/h1-5,7-10H,(H2,14,15,16). The molecule has 0 bridgehead atoms. The Morgan fingerprint density at radius 3 is 2.31 bits per heavy atom. The summed E-state index contributed by atoms with van der Waals surface area (Å²) in [7, 11) is 0. The molecule has 0 fully saturated rings. The number of benzene rings is 2. The average molecular weight is 211 g/mol. The van der Waals surface area contributed by atoms with Crippen molar-refractivity contribution in [3.63, 3.8) is 0 Å². The number of carbonyl (C=O) groups is 1. The lowest BCUT2D eigenvalue weighted by Crippen LogP contribution is -2.19. The second-order valence-corrected chi connectivity index (χ2v) is 3.24. The smallest absolute Gasteiger partial charge is 0.308 e. The quantitative estimate of drug-likeness (QED) is 0.787. The SMILES string of the molecule is O=C(Nc1c[c]ccc1)Nc1ccccc1. The van der Waals surface area contributed by atoms with Crippen LogP contribution in [0.1, 0.15) is 0 Å². The lowest BCUT2D eigenvalue weighted by Gasteiger charge is -2.06. The first kappa shape index (κ1) is 10.2. The summed E-state index contributed by atoms with van der Waals surface area (Å²) in [6.07, 6.45) is 0. The minimum absolute atomic E-state index is 0.259. The molecule has 0 aliphatic heterocycles. The summed E-state index contributed by atoms with van der Waals surface area (Å²) in [6, 6.07) is 19.0. The van der Waals surface area contributed by atoms with Crippen molar-refractivity contribution in [3.8, 4) is 0 Å². The van der Waals surface area contributed by atoms with E-state index in [2.05, 4.69) is 16.7 Å². The number of nitrogens with one attached hydrogen (secondary N) is 2. The highest BCUT2D eigenvalue weighted by Crippen LogP contribution is 2.08. The molecule has 3 nitrogen and oxygen atoms in total. The second kappa shape index (κ2) is 4.98.